The molecule has 0 amide bonds. The van der Waals surface area contributed by atoms with Crippen molar-refractivity contribution in [3.8, 4) is 0 Å². The minimum atomic E-state index is -1.07. The number of carboxylic acids is 2. The predicted molar refractivity (Wildman–Crippen MR) is 65.8 cm³/mol. The van der Waals surface area contributed by atoms with Crippen LogP contribution in [-0.4, -0.2) is 26.5 Å². The normalized spacial score (nSPS) is 30.0. The summed E-state index contributed by atoms with van der Waals surface area (Å²) < 4.78 is -0.578. The summed E-state index contributed by atoms with van der Waals surface area (Å²) in [4.78, 5) is 22.1. The summed E-state index contributed by atoms with van der Waals surface area (Å²) in [5, 5.41) is 18.1. The quantitative estimate of drug-likeness (QED) is 0.748. The third-order valence-corrected chi connectivity index (χ3v) is 4.47. The van der Waals surface area contributed by atoms with Gasteiger partial charge in [0, 0.05) is 4.48 Å². The molecule has 1 rings (SSSR count). The van der Waals surface area contributed by atoms with Crippen molar-refractivity contribution in [2.45, 2.75) is 18.2 Å². The van der Waals surface area contributed by atoms with E-state index < -0.39 is 22.2 Å². The molecule has 0 bridgehead atoms. The molecule has 6 heteroatoms. The SMILES string of the molecule is CC1=C(C(=O)O)C(Br)=CC(C(=O)O)C1(C)Br. The van der Waals surface area contributed by atoms with Crippen molar-refractivity contribution in [2.75, 3.05) is 0 Å². The third kappa shape index (κ3) is 2.08. The molecule has 0 aromatic rings. The lowest BCUT2D eigenvalue weighted by Gasteiger charge is -2.33. The third-order valence-electron chi connectivity index (χ3n) is 2.72. The monoisotopic (exact) mass is 352 g/mol. The van der Waals surface area contributed by atoms with Crippen molar-refractivity contribution in [3.05, 3.63) is 21.7 Å². The number of carbonyl (C=O) groups is 2. The van der Waals surface area contributed by atoms with Gasteiger partial charge in [-0.25, -0.2) is 4.79 Å². The van der Waals surface area contributed by atoms with E-state index in [1.54, 1.807) is 13.8 Å². The van der Waals surface area contributed by atoms with Gasteiger partial charge in [0.1, 0.15) is 0 Å². The van der Waals surface area contributed by atoms with E-state index in [1.165, 1.54) is 6.08 Å². The Morgan fingerprint density at radius 3 is 2.31 bits per heavy atom. The first-order chi connectivity index (χ1) is 7.19. The molecular formula is C10H10Br2O4. The van der Waals surface area contributed by atoms with Crippen molar-refractivity contribution in [1.29, 1.82) is 0 Å². The topological polar surface area (TPSA) is 74.6 Å². The van der Waals surface area contributed by atoms with Gasteiger partial charge < -0.3 is 10.2 Å². The average Bonchev–Trinajstić information content (AvgIpc) is 2.11. The zero-order chi connectivity index (χ0) is 12.7. The van der Waals surface area contributed by atoms with Crippen LogP contribution in [-0.2, 0) is 9.59 Å². The zero-order valence-corrected chi connectivity index (χ0v) is 11.8. The Labute approximate surface area is 109 Å². The van der Waals surface area contributed by atoms with Gasteiger partial charge in [-0.2, -0.15) is 0 Å². The van der Waals surface area contributed by atoms with Crippen LogP contribution in [0.25, 0.3) is 0 Å². The Morgan fingerprint density at radius 1 is 1.44 bits per heavy atom. The molecule has 1 aliphatic carbocycles. The van der Waals surface area contributed by atoms with Gasteiger partial charge in [0.2, 0.25) is 0 Å². The molecule has 0 radical (unpaired) electrons. The van der Waals surface area contributed by atoms with Crippen molar-refractivity contribution < 1.29 is 19.8 Å². The summed E-state index contributed by atoms with van der Waals surface area (Å²) >= 11 is 6.39. The second kappa shape index (κ2) is 4.33. The fourth-order valence-corrected chi connectivity index (χ4v) is 2.87. The van der Waals surface area contributed by atoms with E-state index in [4.69, 9.17) is 10.2 Å². The number of alkyl halides is 1. The average molecular weight is 354 g/mol. The zero-order valence-electron chi connectivity index (χ0n) is 8.62. The molecule has 4 nitrogen and oxygen atoms in total. The molecule has 0 aromatic carbocycles. The molecule has 0 aliphatic heterocycles. The lowest BCUT2D eigenvalue weighted by atomic mass is 9.81. The van der Waals surface area contributed by atoms with Gasteiger partial charge in [0.05, 0.1) is 15.8 Å². The van der Waals surface area contributed by atoms with Gasteiger partial charge in [0.15, 0.2) is 0 Å². The molecule has 1 aliphatic rings. The van der Waals surface area contributed by atoms with Crippen LogP contribution in [0.15, 0.2) is 21.7 Å². The Balaban J connectivity index is 3.39. The molecule has 0 aromatic heterocycles. The summed E-state index contributed by atoms with van der Waals surface area (Å²) in [6, 6.07) is 0. The summed E-state index contributed by atoms with van der Waals surface area (Å²) in [6.07, 6.45) is 1.40. The molecular weight excluding hydrogens is 344 g/mol. The summed E-state index contributed by atoms with van der Waals surface area (Å²) in [5.41, 5.74) is 0.596. The molecule has 88 valence electrons. The van der Waals surface area contributed by atoms with Crippen LogP contribution in [0, 0.1) is 5.92 Å². The first-order valence-corrected chi connectivity index (χ1v) is 6.02. The number of rotatable bonds is 2. The lowest BCUT2D eigenvalue weighted by molar-refractivity contribution is -0.141. The highest BCUT2D eigenvalue weighted by Crippen LogP contribution is 2.44. The first-order valence-electron chi connectivity index (χ1n) is 4.43. The molecule has 0 spiro atoms. The van der Waals surface area contributed by atoms with E-state index in [-0.39, 0.29) is 5.57 Å². The van der Waals surface area contributed by atoms with Crippen LogP contribution in [0.4, 0.5) is 0 Å². The fourth-order valence-electron chi connectivity index (χ4n) is 1.61. The Bertz CT molecular complexity index is 421. The molecule has 2 unspecified atom stereocenters. The largest absolute Gasteiger partial charge is 0.481 e. The van der Waals surface area contributed by atoms with Crippen LogP contribution < -0.4 is 0 Å². The van der Waals surface area contributed by atoms with Crippen molar-refractivity contribution in [1.82, 2.24) is 0 Å². The summed E-state index contributed by atoms with van der Waals surface area (Å²) in [7, 11) is 0. The number of hydrogen-bond donors (Lipinski definition) is 2. The molecule has 0 saturated carbocycles. The van der Waals surface area contributed by atoms with Gasteiger partial charge in [-0.3, -0.25) is 4.79 Å². The van der Waals surface area contributed by atoms with E-state index >= 15 is 0 Å². The highest BCUT2D eigenvalue weighted by Gasteiger charge is 2.43. The maximum atomic E-state index is 11.1. The smallest absolute Gasteiger partial charge is 0.336 e. The fraction of sp³-hybridized carbons (Fsp3) is 0.400. The van der Waals surface area contributed by atoms with Crippen molar-refractivity contribution in [3.63, 3.8) is 0 Å². The van der Waals surface area contributed by atoms with E-state index in [9.17, 15) is 9.59 Å². The van der Waals surface area contributed by atoms with Gasteiger partial charge in [-0.15, -0.1) is 0 Å². The van der Waals surface area contributed by atoms with E-state index in [0.29, 0.717) is 10.1 Å². The molecule has 0 heterocycles. The Kier molecular flexibility index (Phi) is 3.64. The maximum Gasteiger partial charge on any atom is 0.336 e. The predicted octanol–water partition coefficient (Wildman–Crippen LogP) is 2.53. The van der Waals surface area contributed by atoms with Gasteiger partial charge in [0.25, 0.3) is 0 Å². The van der Waals surface area contributed by atoms with Gasteiger partial charge in [-0.05, 0) is 19.4 Å². The Hall–Kier alpha value is -0.620. The molecule has 2 atom stereocenters. The molecule has 16 heavy (non-hydrogen) atoms. The second-order valence-electron chi connectivity index (χ2n) is 3.71. The van der Waals surface area contributed by atoms with Crippen LogP contribution in [0.2, 0.25) is 0 Å². The molecule has 0 saturated heterocycles. The summed E-state index contributed by atoms with van der Waals surface area (Å²) in [5.74, 6) is -2.87. The first kappa shape index (κ1) is 13.4. The van der Waals surface area contributed by atoms with E-state index in [1.807, 2.05) is 0 Å². The maximum absolute atomic E-state index is 11.1. The van der Waals surface area contributed by atoms with Gasteiger partial charge >= 0.3 is 11.9 Å². The molecule has 0 fully saturated rings. The molecule has 2 N–H and O–H groups in total. The standard InChI is InChI=1S/C10H10Br2O4/c1-4-7(9(15)16)6(11)3-5(8(13)14)10(4,2)12/h3,5H,1-2H3,(H,13,14)(H,15,16). The second-order valence-corrected chi connectivity index (χ2v) is 6.21. The van der Waals surface area contributed by atoms with Crippen LogP contribution in [0.1, 0.15) is 13.8 Å². The van der Waals surface area contributed by atoms with Crippen LogP contribution in [0.3, 0.4) is 0 Å². The van der Waals surface area contributed by atoms with Crippen molar-refractivity contribution in [2.24, 2.45) is 5.92 Å². The number of allylic oxidation sites excluding steroid dienone is 1. The number of halogens is 2. The highest BCUT2D eigenvalue weighted by molar-refractivity contribution is 9.12. The van der Waals surface area contributed by atoms with Crippen LogP contribution >= 0.6 is 31.9 Å². The number of carboxylic acid groups (broad SMARTS) is 2. The highest BCUT2D eigenvalue weighted by atomic mass is 79.9. The van der Waals surface area contributed by atoms with E-state index in [0.717, 1.165) is 0 Å². The van der Waals surface area contributed by atoms with Crippen LogP contribution in [0.5, 0.6) is 0 Å². The number of aliphatic carboxylic acids is 2. The lowest BCUT2D eigenvalue weighted by Crippen LogP contribution is -2.38. The Morgan fingerprint density at radius 2 is 1.94 bits per heavy atom. The minimum Gasteiger partial charge on any atom is -0.481 e. The summed E-state index contributed by atoms with van der Waals surface area (Å²) in [6.45, 7) is 3.27. The van der Waals surface area contributed by atoms with Gasteiger partial charge in [-0.1, -0.05) is 37.9 Å². The van der Waals surface area contributed by atoms with Crippen molar-refractivity contribution >= 4 is 43.8 Å². The number of hydrogen-bond acceptors (Lipinski definition) is 2. The minimum absolute atomic E-state index is 0.108. The van der Waals surface area contributed by atoms with E-state index in [2.05, 4.69) is 31.9 Å².